The van der Waals surface area contributed by atoms with Crippen LogP contribution in [0.1, 0.15) is 13.3 Å². The Balaban J connectivity index is 1.98. The smallest absolute Gasteiger partial charge is 0.308 e. The van der Waals surface area contributed by atoms with Crippen LogP contribution in [0, 0.1) is 0 Å². The molecule has 7 nitrogen and oxygen atoms in total. The Bertz CT molecular complexity index is 587. The third kappa shape index (κ3) is 3.55. The maximum absolute atomic E-state index is 12.2. The number of para-hydroxylation sites is 2. The van der Waals surface area contributed by atoms with Crippen molar-refractivity contribution >= 4 is 23.5 Å². The van der Waals surface area contributed by atoms with Gasteiger partial charge in [0.15, 0.2) is 12.7 Å². The molecule has 1 aromatic carbocycles. The molecule has 1 heterocycles. The summed E-state index contributed by atoms with van der Waals surface area (Å²) in [4.78, 5) is 36.3. The number of carbonyl (C=O) groups is 3. The van der Waals surface area contributed by atoms with Crippen LogP contribution >= 0.6 is 0 Å². The fourth-order valence-electron chi connectivity index (χ4n) is 2.08. The summed E-state index contributed by atoms with van der Waals surface area (Å²) in [6, 6.07) is 7.14. The lowest BCUT2D eigenvalue weighted by Gasteiger charge is -2.32. The first-order chi connectivity index (χ1) is 10.5. The molecule has 0 aliphatic carbocycles. The van der Waals surface area contributed by atoms with E-state index in [4.69, 9.17) is 9.47 Å². The highest BCUT2D eigenvalue weighted by Gasteiger charge is 2.31. The Morgan fingerprint density at radius 1 is 1.36 bits per heavy atom. The minimum Gasteiger partial charge on any atom is -0.479 e. The summed E-state index contributed by atoms with van der Waals surface area (Å²) in [5.41, 5.74) is 0.629. The van der Waals surface area contributed by atoms with Gasteiger partial charge in [-0.05, 0) is 19.1 Å². The van der Waals surface area contributed by atoms with E-state index in [9.17, 15) is 14.4 Å². The van der Waals surface area contributed by atoms with Crippen molar-refractivity contribution in [2.75, 3.05) is 25.1 Å². The van der Waals surface area contributed by atoms with Gasteiger partial charge in [-0.1, -0.05) is 12.1 Å². The third-order valence-corrected chi connectivity index (χ3v) is 3.26. The topological polar surface area (TPSA) is 84.9 Å². The third-order valence-electron chi connectivity index (χ3n) is 3.26. The molecule has 1 aliphatic rings. The van der Waals surface area contributed by atoms with E-state index >= 15 is 0 Å². The average Bonchev–Trinajstić information content (AvgIpc) is 2.53. The van der Waals surface area contributed by atoms with Crippen molar-refractivity contribution in [1.29, 1.82) is 0 Å². The molecule has 0 saturated carbocycles. The predicted molar refractivity (Wildman–Crippen MR) is 78.5 cm³/mol. The Labute approximate surface area is 128 Å². The Morgan fingerprint density at radius 3 is 2.82 bits per heavy atom. The lowest BCUT2D eigenvalue weighted by atomic mass is 10.2. The number of esters is 1. The van der Waals surface area contributed by atoms with E-state index in [1.54, 1.807) is 25.1 Å². The lowest BCUT2D eigenvalue weighted by Crippen LogP contribution is -2.45. The number of amides is 2. The zero-order chi connectivity index (χ0) is 16.1. The van der Waals surface area contributed by atoms with Gasteiger partial charge in [-0.2, -0.15) is 0 Å². The van der Waals surface area contributed by atoms with E-state index in [-0.39, 0.29) is 31.4 Å². The second-order valence-corrected chi connectivity index (χ2v) is 4.80. The fourth-order valence-corrected chi connectivity index (χ4v) is 2.08. The molecule has 2 rings (SSSR count). The van der Waals surface area contributed by atoms with Crippen molar-refractivity contribution in [1.82, 2.24) is 5.32 Å². The summed E-state index contributed by atoms with van der Waals surface area (Å²) >= 11 is 0. The molecule has 0 saturated heterocycles. The Hall–Kier alpha value is -2.57. The van der Waals surface area contributed by atoms with Gasteiger partial charge in [0.2, 0.25) is 0 Å². The number of anilines is 1. The highest BCUT2D eigenvalue weighted by Crippen LogP contribution is 2.33. The fraction of sp³-hybridized carbons (Fsp3) is 0.400. The number of benzene rings is 1. The van der Waals surface area contributed by atoms with E-state index < -0.39 is 12.1 Å². The van der Waals surface area contributed by atoms with Crippen LogP contribution in [-0.4, -0.2) is 44.1 Å². The van der Waals surface area contributed by atoms with Crippen molar-refractivity contribution in [3.63, 3.8) is 0 Å². The van der Waals surface area contributed by atoms with E-state index in [0.29, 0.717) is 11.4 Å². The Kier molecular flexibility index (Phi) is 4.98. The summed E-state index contributed by atoms with van der Waals surface area (Å²) in [6.45, 7) is 1.52. The minimum atomic E-state index is -0.600. The summed E-state index contributed by atoms with van der Waals surface area (Å²) < 4.78 is 10.3. The van der Waals surface area contributed by atoms with E-state index in [1.165, 1.54) is 11.9 Å². The quantitative estimate of drug-likeness (QED) is 0.800. The molecule has 0 bridgehead atoms. The van der Waals surface area contributed by atoms with Gasteiger partial charge in [-0.15, -0.1) is 0 Å². The molecule has 0 fully saturated rings. The second kappa shape index (κ2) is 6.93. The van der Waals surface area contributed by atoms with Gasteiger partial charge in [0.1, 0.15) is 5.75 Å². The molecule has 22 heavy (non-hydrogen) atoms. The van der Waals surface area contributed by atoms with E-state index in [1.807, 2.05) is 6.07 Å². The first kappa shape index (κ1) is 15.8. The predicted octanol–water partition coefficient (Wildman–Crippen LogP) is 0.480. The molecule has 118 valence electrons. The minimum absolute atomic E-state index is 0.00376. The largest absolute Gasteiger partial charge is 0.479 e. The normalized spacial score (nSPS) is 16.5. The zero-order valence-corrected chi connectivity index (χ0v) is 12.5. The molecule has 1 aliphatic heterocycles. The number of likely N-dealkylation sites (N-methyl/N-ethyl adjacent to an activating group) is 1. The second-order valence-electron chi connectivity index (χ2n) is 4.80. The number of rotatable bonds is 5. The molecule has 2 amide bonds. The molecule has 1 unspecified atom stereocenters. The summed E-state index contributed by atoms with van der Waals surface area (Å²) in [7, 11) is 1.46. The molecule has 0 spiro atoms. The van der Waals surface area contributed by atoms with Crippen LogP contribution in [-0.2, 0) is 19.1 Å². The van der Waals surface area contributed by atoms with Crippen LogP contribution in [0.15, 0.2) is 24.3 Å². The SMILES string of the molecule is CNC(=O)COC(=O)CCN1C(=O)C(C)Oc2ccccc21. The van der Waals surface area contributed by atoms with Crippen LogP contribution in [0.4, 0.5) is 5.69 Å². The molecule has 1 N–H and O–H groups in total. The Morgan fingerprint density at radius 2 is 2.09 bits per heavy atom. The van der Waals surface area contributed by atoms with Crippen LogP contribution in [0.25, 0.3) is 0 Å². The van der Waals surface area contributed by atoms with Gasteiger partial charge in [-0.25, -0.2) is 0 Å². The van der Waals surface area contributed by atoms with Crippen LogP contribution < -0.4 is 15.0 Å². The van der Waals surface area contributed by atoms with Gasteiger partial charge in [0, 0.05) is 13.6 Å². The molecule has 7 heteroatoms. The monoisotopic (exact) mass is 306 g/mol. The molecular formula is C15H18N2O5. The van der Waals surface area contributed by atoms with Gasteiger partial charge in [-0.3, -0.25) is 14.4 Å². The van der Waals surface area contributed by atoms with E-state index in [0.717, 1.165) is 0 Å². The van der Waals surface area contributed by atoms with Crippen molar-refractivity contribution in [2.24, 2.45) is 0 Å². The van der Waals surface area contributed by atoms with Crippen LogP contribution in [0.2, 0.25) is 0 Å². The number of hydrogen-bond donors (Lipinski definition) is 1. The zero-order valence-electron chi connectivity index (χ0n) is 12.5. The molecule has 1 atom stereocenters. The summed E-state index contributed by atoms with van der Waals surface area (Å²) in [5.74, 6) is -0.520. The molecule has 0 radical (unpaired) electrons. The highest BCUT2D eigenvalue weighted by atomic mass is 16.5. The molecular weight excluding hydrogens is 288 g/mol. The van der Waals surface area contributed by atoms with Crippen molar-refractivity contribution in [3.05, 3.63) is 24.3 Å². The number of ether oxygens (including phenoxy) is 2. The molecule has 1 aromatic rings. The maximum Gasteiger partial charge on any atom is 0.308 e. The van der Waals surface area contributed by atoms with Crippen molar-refractivity contribution in [3.8, 4) is 5.75 Å². The van der Waals surface area contributed by atoms with Gasteiger partial charge >= 0.3 is 5.97 Å². The molecule has 0 aromatic heterocycles. The number of nitrogens with one attached hydrogen (secondary N) is 1. The number of carbonyl (C=O) groups excluding carboxylic acids is 3. The lowest BCUT2D eigenvalue weighted by molar-refractivity contribution is -0.148. The first-order valence-corrected chi connectivity index (χ1v) is 6.96. The standard InChI is InChI=1S/C15H18N2O5/c1-10-15(20)17(11-5-3-4-6-12(11)22-10)8-7-14(19)21-9-13(18)16-2/h3-6,10H,7-9H2,1-2H3,(H,16,18). The van der Waals surface area contributed by atoms with Crippen LogP contribution in [0.3, 0.4) is 0 Å². The summed E-state index contributed by atoms with van der Waals surface area (Å²) in [6.07, 6.45) is -0.596. The average molecular weight is 306 g/mol. The van der Waals surface area contributed by atoms with Crippen LogP contribution in [0.5, 0.6) is 5.75 Å². The van der Waals surface area contributed by atoms with E-state index in [2.05, 4.69) is 5.32 Å². The summed E-state index contributed by atoms with van der Waals surface area (Å²) in [5, 5.41) is 2.35. The van der Waals surface area contributed by atoms with Crippen molar-refractivity contribution in [2.45, 2.75) is 19.4 Å². The number of hydrogen-bond acceptors (Lipinski definition) is 5. The first-order valence-electron chi connectivity index (χ1n) is 6.96. The number of fused-ring (bicyclic) bond motifs is 1. The van der Waals surface area contributed by atoms with Crippen molar-refractivity contribution < 1.29 is 23.9 Å². The number of nitrogens with zero attached hydrogens (tertiary/aromatic N) is 1. The van der Waals surface area contributed by atoms with Gasteiger partial charge in [0.25, 0.3) is 11.8 Å². The maximum atomic E-state index is 12.2. The highest BCUT2D eigenvalue weighted by molar-refractivity contribution is 6.00. The van der Waals surface area contributed by atoms with Gasteiger partial charge in [0.05, 0.1) is 12.1 Å². The van der Waals surface area contributed by atoms with Gasteiger partial charge < -0.3 is 19.7 Å².